The minimum atomic E-state index is -0.357. The van der Waals surface area contributed by atoms with Gasteiger partial charge in [0.15, 0.2) is 0 Å². The van der Waals surface area contributed by atoms with Crippen molar-refractivity contribution in [3.05, 3.63) is 64.9 Å². The number of amides is 4. The first-order valence-corrected chi connectivity index (χ1v) is 11.6. The Kier molecular flexibility index (Phi) is 7.64. The van der Waals surface area contributed by atoms with Crippen LogP contribution in [0.5, 0.6) is 0 Å². The summed E-state index contributed by atoms with van der Waals surface area (Å²) in [6.45, 7) is 1.32. The quantitative estimate of drug-likeness (QED) is 0.482. The third-order valence-electron chi connectivity index (χ3n) is 6.15. The Hall–Kier alpha value is -3.17. The molecule has 2 aliphatic heterocycles. The number of hydrogen-bond acceptors (Lipinski definition) is 4. The summed E-state index contributed by atoms with van der Waals surface area (Å²) in [6.07, 6.45) is 1.38. The van der Waals surface area contributed by atoms with Crippen LogP contribution in [0.1, 0.15) is 24.8 Å². The first-order valence-electron chi connectivity index (χ1n) is 11.2. The lowest BCUT2D eigenvalue weighted by Gasteiger charge is -2.37. The van der Waals surface area contributed by atoms with Crippen molar-refractivity contribution in [3.8, 4) is 0 Å². The van der Waals surface area contributed by atoms with E-state index in [4.69, 9.17) is 11.6 Å². The molecule has 4 rings (SSSR count). The summed E-state index contributed by atoms with van der Waals surface area (Å²) in [6, 6.07) is 12.0. The van der Waals surface area contributed by atoms with Crippen molar-refractivity contribution in [1.29, 1.82) is 0 Å². The zero-order valence-electron chi connectivity index (χ0n) is 18.5. The van der Waals surface area contributed by atoms with E-state index in [2.05, 4.69) is 26.2 Å². The molecule has 0 spiro atoms. The van der Waals surface area contributed by atoms with Gasteiger partial charge < -0.3 is 21.3 Å². The zero-order chi connectivity index (χ0) is 24.1. The number of anilines is 1. The summed E-state index contributed by atoms with van der Waals surface area (Å²) >= 11 is 5.96. The molecule has 4 amide bonds. The minimum absolute atomic E-state index is 0.00191. The van der Waals surface area contributed by atoms with Crippen molar-refractivity contribution in [1.82, 2.24) is 20.9 Å². The monoisotopic (exact) mass is 487 g/mol. The van der Waals surface area contributed by atoms with E-state index in [1.807, 2.05) is 0 Å². The van der Waals surface area contributed by atoms with Gasteiger partial charge in [-0.2, -0.15) is 0 Å². The van der Waals surface area contributed by atoms with E-state index in [1.54, 1.807) is 36.4 Å². The minimum Gasteiger partial charge on any atom is -0.353 e. The molecule has 8 nitrogen and oxygen atoms in total. The highest BCUT2D eigenvalue weighted by Crippen LogP contribution is 2.26. The molecule has 3 atom stereocenters. The molecule has 2 aromatic carbocycles. The second kappa shape index (κ2) is 10.8. The molecule has 4 N–H and O–H groups in total. The van der Waals surface area contributed by atoms with Crippen molar-refractivity contribution in [3.63, 3.8) is 0 Å². The summed E-state index contributed by atoms with van der Waals surface area (Å²) in [4.78, 5) is 39.2. The average molecular weight is 488 g/mol. The molecule has 0 radical (unpaired) electrons. The molecule has 2 aliphatic rings. The number of benzene rings is 2. The molecular formula is C24H27ClFN5O3. The maximum Gasteiger partial charge on any atom is 0.319 e. The van der Waals surface area contributed by atoms with Crippen molar-refractivity contribution in [2.24, 2.45) is 0 Å². The summed E-state index contributed by atoms with van der Waals surface area (Å²) in [7, 11) is 0. The van der Waals surface area contributed by atoms with Gasteiger partial charge in [0, 0.05) is 48.8 Å². The molecule has 10 heteroatoms. The molecule has 2 heterocycles. The summed E-state index contributed by atoms with van der Waals surface area (Å²) in [5, 5.41) is 12.0. The largest absolute Gasteiger partial charge is 0.353 e. The maximum atomic E-state index is 13.0. The molecule has 180 valence electrons. The van der Waals surface area contributed by atoms with Gasteiger partial charge in [-0.15, -0.1) is 0 Å². The number of halogens is 2. The number of rotatable bonds is 7. The Balaban J connectivity index is 1.26. The van der Waals surface area contributed by atoms with Gasteiger partial charge in [0.05, 0.1) is 6.04 Å². The topological polar surface area (TPSA) is 103 Å². The zero-order valence-corrected chi connectivity index (χ0v) is 19.3. The van der Waals surface area contributed by atoms with Gasteiger partial charge in [0.25, 0.3) is 0 Å². The lowest BCUT2D eigenvalue weighted by molar-refractivity contribution is -0.129. The second-order valence-electron chi connectivity index (χ2n) is 8.59. The maximum absolute atomic E-state index is 13.0. The Morgan fingerprint density at radius 1 is 1.18 bits per heavy atom. The SMILES string of the molecule is O=C(CC[C@@H]1CNC(=O)[C@@H]2C[C@H](NC(=O)Nc3cccc(Cl)c3)CN12)NCc1ccc(F)cc1. The predicted octanol–water partition coefficient (Wildman–Crippen LogP) is 2.64. The Bertz CT molecular complexity index is 1050. The van der Waals surface area contributed by atoms with Crippen LogP contribution in [0, 0.1) is 5.82 Å². The van der Waals surface area contributed by atoms with E-state index in [-0.39, 0.29) is 41.8 Å². The van der Waals surface area contributed by atoms with Gasteiger partial charge in [-0.3, -0.25) is 14.5 Å². The van der Waals surface area contributed by atoms with Gasteiger partial charge >= 0.3 is 6.03 Å². The standard InChI is InChI=1S/C24H27ClFN5O3/c25-16-2-1-3-18(10-16)29-24(34)30-19-11-21-23(33)28-13-20(31(21)14-19)8-9-22(32)27-12-15-4-6-17(26)7-5-15/h1-7,10,19-21H,8-9,11-14H2,(H,27,32)(H,28,33)(H2,29,30,34)/t19-,20+,21-/m0/s1. The number of piperazine rings is 1. The fraction of sp³-hybridized carbons (Fsp3) is 0.375. The van der Waals surface area contributed by atoms with Crippen LogP contribution in [0.3, 0.4) is 0 Å². The number of nitrogens with one attached hydrogen (secondary N) is 4. The summed E-state index contributed by atoms with van der Waals surface area (Å²) < 4.78 is 13.0. The Morgan fingerprint density at radius 2 is 1.97 bits per heavy atom. The number of carbonyl (C=O) groups excluding carboxylic acids is 3. The van der Waals surface area contributed by atoms with Crippen LogP contribution in [0.2, 0.25) is 5.02 Å². The number of hydrogen-bond donors (Lipinski definition) is 4. The highest BCUT2D eigenvalue weighted by Gasteiger charge is 2.43. The fourth-order valence-electron chi connectivity index (χ4n) is 4.46. The molecule has 2 saturated heterocycles. The normalized spacial score (nSPS) is 21.9. The Labute approximate surface area is 202 Å². The van der Waals surface area contributed by atoms with Crippen LogP contribution in [0.4, 0.5) is 14.9 Å². The molecule has 0 unspecified atom stereocenters. The van der Waals surface area contributed by atoms with Crippen LogP contribution in [-0.2, 0) is 16.1 Å². The lowest BCUT2D eigenvalue weighted by atomic mass is 10.0. The van der Waals surface area contributed by atoms with E-state index in [0.717, 1.165) is 5.56 Å². The smallest absolute Gasteiger partial charge is 0.319 e. The third kappa shape index (κ3) is 6.24. The molecule has 0 aromatic heterocycles. The van der Waals surface area contributed by atoms with Gasteiger partial charge in [-0.25, -0.2) is 9.18 Å². The van der Waals surface area contributed by atoms with Gasteiger partial charge in [-0.05, 0) is 48.7 Å². The number of carbonyl (C=O) groups is 3. The van der Waals surface area contributed by atoms with Crippen molar-refractivity contribution in [2.75, 3.05) is 18.4 Å². The second-order valence-corrected chi connectivity index (χ2v) is 9.03. The number of urea groups is 1. The van der Waals surface area contributed by atoms with E-state index < -0.39 is 0 Å². The molecule has 0 bridgehead atoms. The van der Waals surface area contributed by atoms with E-state index in [1.165, 1.54) is 12.1 Å². The van der Waals surface area contributed by atoms with Crippen LogP contribution in [-0.4, -0.2) is 54.0 Å². The molecule has 2 aromatic rings. The lowest BCUT2D eigenvalue weighted by Crippen LogP contribution is -2.58. The summed E-state index contributed by atoms with van der Waals surface area (Å²) in [5.74, 6) is -0.478. The van der Waals surface area contributed by atoms with Crippen LogP contribution in [0.15, 0.2) is 48.5 Å². The van der Waals surface area contributed by atoms with E-state index in [9.17, 15) is 18.8 Å². The first-order chi connectivity index (χ1) is 16.4. The molecule has 0 saturated carbocycles. The molecule has 2 fully saturated rings. The van der Waals surface area contributed by atoms with Crippen LogP contribution < -0.4 is 21.3 Å². The highest BCUT2D eigenvalue weighted by molar-refractivity contribution is 6.30. The predicted molar refractivity (Wildman–Crippen MR) is 127 cm³/mol. The average Bonchev–Trinajstić information content (AvgIpc) is 3.22. The van der Waals surface area contributed by atoms with Gasteiger partial charge in [0.2, 0.25) is 11.8 Å². The van der Waals surface area contributed by atoms with E-state index in [0.29, 0.717) is 49.6 Å². The van der Waals surface area contributed by atoms with Crippen molar-refractivity contribution in [2.45, 2.75) is 43.9 Å². The van der Waals surface area contributed by atoms with Gasteiger partial charge in [-0.1, -0.05) is 29.8 Å². The molecule has 34 heavy (non-hydrogen) atoms. The van der Waals surface area contributed by atoms with E-state index >= 15 is 0 Å². The number of nitrogens with zero attached hydrogens (tertiary/aromatic N) is 1. The molecule has 0 aliphatic carbocycles. The first kappa shape index (κ1) is 24.0. The fourth-order valence-corrected chi connectivity index (χ4v) is 4.65. The Morgan fingerprint density at radius 3 is 2.74 bits per heavy atom. The summed E-state index contributed by atoms with van der Waals surface area (Å²) in [5.41, 5.74) is 1.41. The third-order valence-corrected chi connectivity index (χ3v) is 6.38. The van der Waals surface area contributed by atoms with Gasteiger partial charge in [0.1, 0.15) is 5.82 Å². The number of fused-ring (bicyclic) bond motifs is 1. The van der Waals surface area contributed by atoms with Crippen molar-refractivity contribution >= 4 is 35.1 Å². The van der Waals surface area contributed by atoms with Crippen LogP contribution >= 0.6 is 11.6 Å². The van der Waals surface area contributed by atoms with Crippen molar-refractivity contribution < 1.29 is 18.8 Å². The highest BCUT2D eigenvalue weighted by atomic mass is 35.5. The molecular weight excluding hydrogens is 461 g/mol. The van der Waals surface area contributed by atoms with Crippen LogP contribution in [0.25, 0.3) is 0 Å².